The summed E-state index contributed by atoms with van der Waals surface area (Å²) in [5.41, 5.74) is 0.756. The maximum Gasteiger partial charge on any atom is 0.227 e. The molecule has 0 radical (unpaired) electrons. The Labute approximate surface area is 132 Å². The fourth-order valence-electron chi connectivity index (χ4n) is 2.21. The number of aromatic nitrogens is 5. The van der Waals surface area contributed by atoms with Crippen LogP contribution in [0.4, 0.5) is 0 Å². The van der Waals surface area contributed by atoms with Crippen LogP contribution in [0.5, 0.6) is 0 Å². The van der Waals surface area contributed by atoms with E-state index in [9.17, 15) is 4.79 Å². The Morgan fingerprint density at radius 3 is 3.09 bits per heavy atom. The molecule has 3 heterocycles. The molecule has 0 spiro atoms. The number of carbonyl (C=O) groups is 1. The average Bonchev–Trinajstić information content (AvgIpc) is 3.18. The highest BCUT2D eigenvalue weighted by molar-refractivity contribution is 5.75. The van der Waals surface area contributed by atoms with Gasteiger partial charge in [-0.2, -0.15) is 4.98 Å². The van der Waals surface area contributed by atoms with E-state index in [0.717, 1.165) is 18.5 Å². The first-order valence-electron chi connectivity index (χ1n) is 7.63. The monoisotopic (exact) mass is 314 g/mol. The van der Waals surface area contributed by atoms with Gasteiger partial charge in [0.25, 0.3) is 0 Å². The van der Waals surface area contributed by atoms with E-state index in [0.29, 0.717) is 36.9 Å². The number of fused-ring (bicyclic) bond motifs is 1. The van der Waals surface area contributed by atoms with E-state index in [1.54, 1.807) is 0 Å². The highest BCUT2D eigenvalue weighted by Gasteiger charge is 2.10. The van der Waals surface area contributed by atoms with Crippen LogP contribution in [0.15, 0.2) is 28.9 Å². The number of rotatable bonds is 7. The Morgan fingerprint density at radius 2 is 2.22 bits per heavy atom. The predicted octanol–water partition coefficient (Wildman–Crippen LogP) is 1.31. The van der Waals surface area contributed by atoms with Crippen LogP contribution < -0.4 is 5.32 Å². The molecule has 23 heavy (non-hydrogen) atoms. The summed E-state index contributed by atoms with van der Waals surface area (Å²) in [6.45, 7) is 2.38. The third-order valence-corrected chi connectivity index (χ3v) is 3.38. The van der Waals surface area contributed by atoms with Crippen LogP contribution in [0.3, 0.4) is 0 Å². The second-order valence-electron chi connectivity index (χ2n) is 5.18. The van der Waals surface area contributed by atoms with Crippen LogP contribution in [0, 0.1) is 0 Å². The largest absolute Gasteiger partial charge is 0.349 e. The van der Waals surface area contributed by atoms with Gasteiger partial charge in [-0.15, -0.1) is 10.2 Å². The van der Waals surface area contributed by atoms with Crippen molar-refractivity contribution in [2.75, 3.05) is 0 Å². The van der Waals surface area contributed by atoms with Gasteiger partial charge >= 0.3 is 0 Å². The molecule has 3 aromatic rings. The van der Waals surface area contributed by atoms with Gasteiger partial charge in [0.15, 0.2) is 17.3 Å². The lowest BCUT2D eigenvalue weighted by molar-refractivity contribution is -0.121. The van der Waals surface area contributed by atoms with Crippen molar-refractivity contribution in [3.8, 4) is 0 Å². The molecule has 1 amide bonds. The number of aryl methyl sites for hydroxylation is 2. The van der Waals surface area contributed by atoms with Crippen LogP contribution in [-0.2, 0) is 24.2 Å². The van der Waals surface area contributed by atoms with Gasteiger partial charge in [-0.1, -0.05) is 18.1 Å². The number of hydrogen-bond donors (Lipinski definition) is 1. The average molecular weight is 314 g/mol. The molecule has 1 N–H and O–H groups in total. The Hall–Kier alpha value is -2.77. The van der Waals surface area contributed by atoms with Gasteiger partial charge in [-0.05, 0) is 18.6 Å². The molecule has 0 saturated heterocycles. The molecule has 120 valence electrons. The molecule has 0 fully saturated rings. The van der Waals surface area contributed by atoms with Crippen molar-refractivity contribution >= 4 is 11.6 Å². The molecule has 8 heteroatoms. The van der Waals surface area contributed by atoms with Gasteiger partial charge in [0, 0.05) is 25.5 Å². The van der Waals surface area contributed by atoms with Crippen molar-refractivity contribution in [3.05, 3.63) is 41.9 Å². The maximum atomic E-state index is 11.9. The van der Waals surface area contributed by atoms with E-state index in [2.05, 4.69) is 32.6 Å². The van der Waals surface area contributed by atoms with E-state index >= 15 is 0 Å². The zero-order valence-corrected chi connectivity index (χ0v) is 12.9. The molecule has 0 atom stereocenters. The molecular formula is C15H18N6O2. The van der Waals surface area contributed by atoms with Crippen molar-refractivity contribution in [2.24, 2.45) is 0 Å². The van der Waals surface area contributed by atoms with E-state index in [1.165, 1.54) is 0 Å². The van der Waals surface area contributed by atoms with E-state index in [1.807, 2.05) is 28.8 Å². The molecule has 0 aromatic carbocycles. The SMILES string of the molecule is CCCc1noc(CCC(=O)NCc2nnc3ccccn23)n1. The fraction of sp³-hybridized carbons (Fsp3) is 0.400. The fourth-order valence-corrected chi connectivity index (χ4v) is 2.21. The van der Waals surface area contributed by atoms with Gasteiger partial charge in [0.05, 0.1) is 6.54 Å². The molecule has 0 saturated carbocycles. The van der Waals surface area contributed by atoms with E-state index < -0.39 is 0 Å². The van der Waals surface area contributed by atoms with Crippen molar-refractivity contribution in [1.29, 1.82) is 0 Å². The summed E-state index contributed by atoms with van der Waals surface area (Å²) < 4.78 is 6.95. The highest BCUT2D eigenvalue weighted by atomic mass is 16.5. The van der Waals surface area contributed by atoms with Crippen LogP contribution >= 0.6 is 0 Å². The first-order valence-corrected chi connectivity index (χ1v) is 7.63. The molecule has 8 nitrogen and oxygen atoms in total. The van der Waals surface area contributed by atoms with Crippen LogP contribution in [-0.4, -0.2) is 30.6 Å². The molecule has 0 aliphatic rings. The summed E-state index contributed by atoms with van der Waals surface area (Å²) in [7, 11) is 0. The first-order chi connectivity index (χ1) is 11.3. The number of nitrogens with zero attached hydrogens (tertiary/aromatic N) is 5. The maximum absolute atomic E-state index is 11.9. The molecular weight excluding hydrogens is 296 g/mol. The Bertz CT molecular complexity index is 794. The second kappa shape index (κ2) is 6.99. The van der Waals surface area contributed by atoms with Crippen LogP contribution in [0.1, 0.15) is 37.3 Å². The number of amides is 1. The summed E-state index contributed by atoms with van der Waals surface area (Å²) in [6, 6.07) is 5.65. The third kappa shape index (κ3) is 3.71. The number of nitrogens with one attached hydrogen (secondary N) is 1. The summed E-state index contributed by atoms with van der Waals surface area (Å²) in [5.74, 6) is 1.79. The lowest BCUT2D eigenvalue weighted by Crippen LogP contribution is -2.24. The molecule has 0 bridgehead atoms. The van der Waals surface area contributed by atoms with Crippen LogP contribution in [0.2, 0.25) is 0 Å². The molecule has 0 aliphatic carbocycles. The first kappa shape index (κ1) is 15.1. The van der Waals surface area contributed by atoms with Gasteiger partial charge in [0.1, 0.15) is 0 Å². The second-order valence-corrected chi connectivity index (χ2v) is 5.18. The summed E-state index contributed by atoms with van der Waals surface area (Å²) in [5, 5.41) is 14.8. The lowest BCUT2D eigenvalue weighted by atomic mass is 10.3. The summed E-state index contributed by atoms with van der Waals surface area (Å²) in [6.07, 6.45) is 4.35. The van der Waals surface area contributed by atoms with Crippen molar-refractivity contribution in [2.45, 2.75) is 39.2 Å². The molecule has 0 unspecified atom stereocenters. The van der Waals surface area contributed by atoms with Crippen LogP contribution in [0.25, 0.3) is 5.65 Å². The number of carbonyl (C=O) groups excluding carboxylic acids is 1. The Kier molecular flexibility index (Phi) is 4.60. The van der Waals surface area contributed by atoms with Gasteiger partial charge in [-0.3, -0.25) is 9.20 Å². The normalized spacial score (nSPS) is 11.0. The smallest absolute Gasteiger partial charge is 0.227 e. The Morgan fingerprint density at radius 1 is 1.30 bits per heavy atom. The molecule has 3 rings (SSSR count). The summed E-state index contributed by atoms with van der Waals surface area (Å²) >= 11 is 0. The van der Waals surface area contributed by atoms with E-state index in [-0.39, 0.29) is 5.91 Å². The zero-order chi connectivity index (χ0) is 16.1. The van der Waals surface area contributed by atoms with E-state index in [4.69, 9.17) is 4.52 Å². The van der Waals surface area contributed by atoms with Gasteiger partial charge < -0.3 is 9.84 Å². The summed E-state index contributed by atoms with van der Waals surface area (Å²) in [4.78, 5) is 16.2. The Balaban J connectivity index is 1.49. The van der Waals surface area contributed by atoms with Gasteiger partial charge in [-0.25, -0.2) is 0 Å². The lowest BCUT2D eigenvalue weighted by Gasteiger charge is -2.02. The minimum Gasteiger partial charge on any atom is -0.349 e. The molecule has 3 aromatic heterocycles. The van der Waals surface area contributed by atoms with Crippen molar-refractivity contribution < 1.29 is 9.32 Å². The van der Waals surface area contributed by atoms with Crippen molar-refractivity contribution in [3.63, 3.8) is 0 Å². The van der Waals surface area contributed by atoms with Gasteiger partial charge in [0.2, 0.25) is 11.8 Å². The van der Waals surface area contributed by atoms with Crippen molar-refractivity contribution in [1.82, 2.24) is 30.1 Å². The topological polar surface area (TPSA) is 98.2 Å². The minimum absolute atomic E-state index is 0.0899. The molecule has 0 aliphatic heterocycles. The predicted molar refractivity (Wildman–Crippen MR) is 81.4 cm³/mol. The number of pyridine rings is 1. The highest BCUT2D eigenvalue weighted by Crippen LogP contribution is 2.04. The zero-order valence-electron chi connectivity index (χ0n) is 12.9. The minimum atomic E-state index is -0.0899. The standard InChI is InChI=1S/C15H18N6O2/c1-2-5-11-17-15(23-20-11)8-7-14(22)16-10-13-19-18-12-6-3-4-9-21(12)13/h3-4,6,9H,2,5,7-8,10H2,1H3,(H,16,22). The quantitative estimate of drug-likeness (QED) is 0.706. The number of hydrogen-bond acceptors (Lipinski definition) is 6. The third-order valence-electron chi connectivity index (χ3n) is 3.38.